The maximum absolute atomic E-state index is 12.7. The normalized spacial score (nSPS) is 15.9. The van der Waals surface area contributed by atoms with Gasteiger partial charge in [-0.2, -0.15) is 0 Å². The number of furan rings is 1. The summed E-state index contributed by atoms with van der Waals surface area (Å²) in [7, 11) is 0. The number of hydrogen-bond donors (Lipinski definition) is 3. The van der Waals surface area contributed by atoms with Gasteiger partial charge in [-0.1, -0.05) is 30.3 Å². The number of carbonyl (C=O) groups is 4. The highest BCUT2D eigenvalue weighted by Gasteiger charge is 2.35. The lowest BCUT2D eigenvalue weighted by Gasteiger charge is -2.27. The Bertz CT molecular complexity index is 1090. The van der Waals surface area contributed by atoms with Gasteiger partial charge in [0.15, 0.2) is 0 Å². The summed E-state index contributed by atoms with van der Waals surface area (Å²) in [6.45, 7) is 2.54. The van der Waals surface area contributed by atoms with Crippen LogP contribution in [0.2, 0.25) is 0 Å². The smallest absolute Gasteiger partial charge is 0.355 e. The summed E-state index contributed by atoms with van der Waals surface area (Å²) in [6, 6.07) is 10.5. The average Bonchev–Trinajstić information content (AvgIpc) is 3.32. The summed E-state index contributed by atoms with van der Waals surface area (Å²) >= 11 is 0. The van der Waals surface area contributed by atoms with Crippen LogP contribution in [0.1, 0.15) is 31.2 Å². The first-order chi connectivity index (χ1) is 15.9. The molecule has 2 heterocycles. The first-order valence-electron chi connectivity index (χ1n) is 10.1. The number of ether oxygens (including phenoxy) is 2. The highest BCUT2D eigenvalue weighted by atomic mass is 16.5. The minimum absolute atomic E-state index is 0.0346. The number of hydrogen-bond acceptors (Lipinski definition) is 7. The van der Waals surface area contributed by atoms with E-state index in [0.717, 1.165) is 0 Å². The van der Waals surface area contributed by atoms with Crippen molar-refractivity contribution in [2.45, 2.75) is 19.9 Å². The molecule has 0 radical (unpaired) electrons. The molecular weight excluding hydrogens is 430 g/mol. The maximum atomic E-state index is 12.7. The summed E-state index contributed by atoms with van der Waals surface area (Å²) < 4.78 is 15.8. The molecule has 0 aliphatic carbocycles. The number of benzene rings is 1. The van der Waals surface area contributed by atoms with Crippen LogP contribution in [-0.2, 0) is 23.9 Å². The number of amides is 3. The second kappa shape index (κ2) is 10.8. The molecule has 0 bridgehead atoms. The zero-order valence-electron chi connectivity index (χ0n) is 18.0. The SMILES string of the molecule is CCOC(=O)C1=C(COC(=O)/C(=C/c2ccccc2)NC(C)=O)NC(=O)NC1c1ccco1. The van der Waals surface area contributed by atoms with E-state index in [1.165, 1.54) is 19.3 Å². The van der Waals surface area contributed by atoms with Gasteiger partial charge in [0.25, 0.3) is 0 Å². The Morgan fingerprint density at radius 2 is 1.88 bits per heavy atom. The first-order valence-corrected chi connectivity index (χ1v) is 10.1. The molecule has 10 nitrogen and oxygen atoms in total. The first kappa shape index (κ1) is 23.3. The zero-order valence-corrected chi connectivity index (χ0v) is 18.0. The van der Waals surface area contributed by atoms with Gasteiger partial charge < -0.3 is 29.8 Å². The zero-order chi connectivity index (χ0) is 23.8. The van der Waals surface area contributed by atoms with Crippen molar-refractivity contribution in [2.24, 2.45) is 0 Å². The third-order valence-electron chi connectivity index (χ3n) is 4.47. The predicted octanol–water partition coefficient (Wildman–Crippen LogP) is 2.17. The molecule has 0 spiro atoms. The molecule has 0 saturated carbocycles. The van der Waals surface area contributed by atoms with Crippen molar-refractivity contribution >= 4 is 30.0 Å². The largest absolute Gasteiger partial charge is 0.467 e. The van der Waals surface area contributed by atoms with E-state index in [-0.39, 0.29) is 23.6 Å². The molecule has 3 rings (SSSR count). The van der Waals surface area contributed by atoms with Crippen LogP contribution in [0.5, 0.6) is 0 Å². The van der Waals surface area contributed by atoms with Gasteiger partial charge in [-0.3, -0.25) is 4.79 Å². The standard InChI is InChI=1S/C23H23N3O7/c1-3-31-22(29)19-17(25-23(30)26-20(19)18-10-7-11-32-18)13-33-21(28)16(24-14(2)27)12-15-8-5-4-6-9-15/h4-12,20H,3,13H2,1-2H3,(H,24,27)(H2,25,26,30)/b16-12-. The summed E-state index contributed by atoms with van der Waals surface area (Å²) in [5.41, 5.74) is 0.633. The van der Waals surface area contributed by atoms with E-state index in [4.69, 9.17) is 13.9 Å². The fourth-order valence-electron chi connectivity index (χ4n) is 3.12. The van der Waals surface area contributed by atoms with Gasteiger partial charge in [0, 0.05) is 6.92 Å². The fraction of sp³-hybridized carbons (Fsp3) is 0.217. The molecule has 1 aliphatic heterocycles. The van der Waals surface area contributed by atoms with Gasteiger partial charge in [0.05, 0.1) is 24.1 Å². The number of carbonyl (C=O) groups excluding carboxylic acids is 4. The van der Waals surface area contributed by atoms with E-state index >= 15 is 0 Å². The van der Waals surface area contributed by atoms with E-state index in [9.17, 15) is 19.2 Å². The molecule has 1 unspecified atom stereocenters. The average molecular weight is 453 g/mol. The van der Waals surface area contributed by atoms with E-state index in [0.29, 0.717) is 11.3 Å². The molecular formula is C23H23N3O7. The molecule has 1 aliphatic rings. The Labute approximate surface area is 189 Å². The van der Waals surface area contributed by atoms with E-state index < -0.39 is 36.5 Å². The van der Waals surface area contributed by atoms with Gasteiger partial charge in [-0.05, 0) is 30.7 Å². The summed E-state index contributed by atoms with van der Waals surface area (Å²) in [5.74, 6) is -1.72. The molecule has 2 aromatic rings. The third-order valence-corrected chi connectivity index (χ3v) is 4.47. The minimum Gasteiger partial charge on any atom is -0.467 e. The van der Waals surface area contributed by atoms with Crippen LogP contribution in [0, 0.1) is 0 Å². The summed E-state index contributed by atoms with van der Waals surface area (Å²) in [5, 5.41) is 7.52. The number of esters is 2. The molecule has 33 heavy (non-hydrogen) atoms. The van der Waals surface area contributed by atoms with Crippen molar-refractivity contribution < 1.29 is 33.1 Å². The lowest BCUT2D eigenvalue weighted by molar-refractivity contribution is -0.141. The second-order valence-electron chi connectivity index (χ2n) is 6.89. The molecule has 1 aromatic heterocycles. The minimum atomic E-state index is -0.934. The van der Waals surface area contributed by atoms with Crippen molar-refractivity contribution in [3.05, 3.63) is 77.0 Å². The van der Waals surface area contributed by atoms with E-state index in [2.05, 4.69) is 16.0 Å². The molecule has 10 heteroatoms. The number of urea groups is 1. The van der Waals surface area contributed by atoms with Crippen LogP contribution < -0.4 is 16.0 Å². The van der Waals surface area contributed by atoms with Crippen molar-refractivity contribution in [1.82, 2.24) is 16.0 Å². The van der Waals surface area contributed by atoms with Gasteiger partial charge in [-0.25, -0.2) is 14.4 Å². The highest BCUT2D eigenvalue weighted by molar-refractivity contribution is 5.98. The quantitative estimate of drug-likeness (QED) is 0.412. The third kappa shape index (κ3) is 6.10. The molecule has 0 fully saturated rings. The van der Waals surface area contributed by atoms with Gasteiger partial charge in [0.1, 0.15) is 24.1 Å². The van der Waals surface area contributed by atoms with Gasteiger partial charge in [-0.15, -0.1) is 0 Å². The fourth-order valence-corrected chi connectivity index (χ4v) is 3.12. The topological polar surface area (TPSA) is 136 Å². The molecule has 3 N–H and O–H groups in total. The number of rotatable bonds is 8. The molecule has 1 aromatic carbocycles. The molecule has 1 atom stereocenters. The molecule has 172 valence electrons. The predicted molar refractivity (Wildman–Crippen MR) is 116 cm³/mol. The van der Waals surface area contributed by atoms with Crippen molar-refractivity contribution in [2.75, 3.05) is 13.2 Å². The Kier molecular flexibility index (Phi) is 7.64. The molecule has 3 amide bonds. The lowest BCUT2D eigenvalue weighted by Crippen LogP contribution is -2.47. The van der Waals surface area contributed by atoms with Crippen LogP contribution >= 0.6 is 0 Å². The highest BCUT2D eigenvalue weighted by Crippen LogP contribution is 2.28. The Balaban J connectivity index is 1.88. The van der Waals surface area contributed by atoms with Crippen molar-refractivity contribution in [3.63, 3.8) is 0 Å². The van der Waals surface area contributed by atoms with Crippen LogP contribution in [0.25, 0.3) is 6.08 Å². The van der Waals surface area contributed by atoms with Crippen molar-refractivity contribution in [1.29, 1.82) is 0 Å². The lowest BCUT2D eigenvalue weighted by atomic mass is 10.0. The molecule has 0 saturated heterocycles. The Morgan fingerprint density at radius 1 is 1.12 bits per heavy atom. The Hall–Kier alpha value is -4.34. The van der Waals surface area contributed by atoms with Gasteiger partial charge >= 0.3 is 18.0 Å². The summed E-state index contributed by atoms with van der Waals surface area (Å²) in [4.78, 5) is 49.2. The summed E-state index contributed by atoms with van der Waals surface area (Å²) in [6.07, 6.45) is 2.86. The second-order valence-corrected chi connectivity index (χ2v) is 6.89. The van der Waals surface area contributed by atoms with Crippen LogP contribution in [0.4, 0.5) is 4.79 Å². The van der Waals surface area contributed by atoms with Crippen molar-refractivity contribution in [3.8, 4) is 0 Å². The van der Waals surface area contributed by atoms with Crippen LogP contribution in [0.3, 0.4) is 0 Å². The van der Waals surface area contributed by atoms with Crippen LogP contribution in [-0.4, -0.2) is 37.1 Å². The Morgan fingerprint density at radius 3 is 2.52 bits per heavy atom. The van der Waals surface area contributed by atoms with E-state index in [1.807, 2.05) is 6.07 Å². The van der Waals surface area contributed by atoms with Gasteiger partial charge in [0.2, 0.25) is 5.91 Å². The van der Waals surface area contributed by atoms with E-state index in [1.54, 1.807) is 43.3 Å². The van der Waals surface area contributed by atoms with Crippen LogP contribution in [0.15, 0.2) is 70.1 Å². The maximum Gasteiger partial charge on any atom is 0.355 e. The monoisotopic (exact) mass is 453 g/mol. The number of nitrogens with one attached hydrogen (secondary N) is 3.